The maximum Gasteiger partial charge on any atom is 0.267 e. The Bertz CT molecular complexity index is 1040. The third-order valence-corrected chi connectivity index (χ3v) is 6.22. The lowest BCUT2D eigenvalue weighted by Gasteiger charge is -2.35. The van der Waals surface area contributed by atoms with Crippen molar-refractivity contribution in [3.8, 4) is 17.2 Å². The molecule has 1 aliphatic heterocycles. The number of hydrogen-bond acceptors (Lipinski definition) is 9. The van der Waals surface area contributed by atoms with Gasteiger partial charge < -0.3 is 29.3 Å². The first kappa shape index (κ1) is 21.7. The molecule has 4 rings (SSSR count). The molecule has 3 aromatic rings. The Morgan fingerprint density at radius 3 is 2.25 bits per heavy atom. The third kappa shape index (κ3) is 4.54. The zero-order valence-electron chi connectivity index (χ0n) is 18.2. The molecule has 1 saturated heterocycles. The van der Waals surface area contributed by atoms with Gasteiger partial charge in [-0.25, -0.2) is 9.97 Å². The van der Waals surface area contributed by atoms with E-state index < -0.39 is 0 Å². The normalized spacial score (nSPS) is 13.6. The molecular formula is C22H25N5O4S. The SMILES string of the molecule is COc1cc(NC(=O)c2cnc(N3CCN(c4ccccn4)CC3)s2)cc(OC)c1OC. The second-order valence-electron chi connectivity index (χ2n) is 7.04. The van der Waals surface area contributed by atoms with E-state index in [-0.39, 0.29) is 5.91 Å². The lowest BCUT2D eigenvalue weighted by atomic mass is 10.2. The van der Waals surface area contributed by atoms with Gasteiger partial charge in [-0.1, -0.05) is 17.4 Å². The van der Waals surface area contributed by atoms with Crippen molar-refractivity contribution < 1.29 is 19.0 Å². The summed E-state index contributed by atoms with van der Waals surface area (Å²) < 4.78 is 16.0. The number of thiazole rings is 1. The molecule has 0 aliphatic carbocycles. The molecule has 0 spiro atoms. The topological polar surface area (TPSA) is 89.1 Å². The zero-order chi connectivity index (χ0) is 22.5. The summed E-state index contributed by atoms with van der Waals surface area (Å²) in [6.07, 6.45) is 3.42. The third-order valence-electron chi connectivity index (χ3n) is 5.16. The summed E-state index contributed by atoms with van der Waals surface area (Å²) in [6.45, 7) is 3.34. The number of carbonyl (C=O) groups excluding carboxylic acids is 1. The fourth-order valence-electron chi connectivity index (χ4n) is 3.53. The number of carbonyl (C=O) groups is 1. The van der Waals surface area contributed by atoms with Crippen molar-refractivity contribution in [2.45, 2.75) is 0 Å². The molecule has 1 N–H and O–H groups in total. The molecule has 1 fully saturated rings. The maximum atomic E-state index is 12.8. The van der Waals surface area contributed by atoms with E-state index in [1.54, 1.807) is 24.5 Å². The Labute approximate surface area is 190 Å². The average Bonchev–Trinajstić information content (AvgIpc) is 3.34. The Balaban J connectivity index is 1.41. The summed E-state index contributed by atoms with van der Waals surface area (Å²) in [4.78, 5) is 26.7. The summed E-state index contributed by atoms with van der Waals surface area (Å²) in [7, 11) is 4.60. The number of anilines is 3. The Kier molecular flexibility index (Phi) is 6.60. The van der Waals surface area contributed by atoms with Crippen LogP contribution in [0, 0.1) is 0 Å². The van der Waals surface area contributed by atoms with Gasteiger partial charge in [0.1, 0.15) is 10.7 Å². The molecule has 10 heteroatoms. The first-order chi connectivity index (χ1) is 15.6. The molecule has 0 bridgehead atoms. The number of nitrogens with one attached hydrogen (secondary N) is 1. The van der Waals surface area contributed by atoms with Crippen molar-refractivity contribution in [3.05, 3.63) is 47.6 Å². The number of pyridine rings is 1. The van der Waals surface area contributed by atoms with Gasteiger partial charge in [-0.05, 0) is 12.1 Å². The van der Waals surface area contributed by atoms with E-state index in [4.69, 9.17) is 14.2 Å². The molecule has 9 nitrogen and oxygen atoms in total. The van der Waals surface area contributed by atoms with Crippen LogP contribution in [0.15, 0.2) is 42.7 Å². The van der Waals surface area contributed by atoms with Gasteiger partial charge in [-0.2, -0.15) is 0 Å². The van der Waals surface area contributed by atoms with Crippen molar-refractivity contribution in [2.75, 3.05) is 62.6 Å². The molecular weight excluding hydrogens is 430 g/mol. The quantitative estimate of drug-likeness (QED) is 0.581. The van der Waals surface area contributed by atoms with Crippen LogP contribution >= 0.6 is 11.3 Å². The number of piperazine rings is 1. The van der Waals surface area contributed by atoms with E-state index in [2.05, 4.69) is 25.1 Å². The second kappa shape index (κ2) is 9.73. The molecule has 1 aliphatic rings. The van der Waals surface area contributed by atoms with Crippen molar-refractivity contribution in [3.63, 3.8) is 0 Å². The number of hydrogen-bond donors (Lipinski definition) is 1. The number of aromatic nitrogens is 2. The van der Waals surface area contributed by atoms with Crippen molar-refractivity contribution in [2.24, 2.45) is 0 Å². The van der Waals surface area contributed by atoms with Gasteiger partial charge in [-0.15, -0.1) is 0 Å². The lowest BCUT2D eigenvalue weighted by Crippen LogP contribution is -2.46. The van der Waals surface area contributed by atoms with E-state index in [9.17, 15) is 4.79 Å². The molecule has 2 aromatic heterocycles. The van der Waals surface area contributed by atoms with Crippen LogP contribution in [0.1, 0.15) is 9.67 Å². The van der Waals surface area contributed by atoms with Gasteiger partial charge in [0.15, 0.2) is 16.6 Å². The smallest absolute Gasteiger partial charge is 0.267 e. The molecule has 0 saturated carbocycles. The highest BCUT2D eigenvalue weighted by Crippen LogP contribution is 2.40. The number of nitrogens with zero attached hydrogens (tertiary/aromatic N) is 4. The minimum atomic E-state index is -0.241. The van der Waals surface area contributed by atoms with Crippen LogP contribution in [0.3, 0.4) is 0 Å². The number of amides is 1. The first-order valence-electron chi connectivity index (χ1n) is 10.1. The monoisotopic (exact) mass is 455 g/mol. The van der Waals surface area contributed by atoms with E-state index in [0.29, 0.717) is 27.8 Å². The predicted octanol–water partition coefficient (Wildman–Crippen LogP) is 3.14. The first-order valence-corrected chi connectivity index (χ1v) is 10.9. The molecule has 32 heavy (non-hydrogen) atoms. The highest BCUT2D eigenvalue weighted by atomic mass is 32.1. The summed E-state index contributed by atoms with van der Waals surface area (Å²) in [5.41, 5.74) is 0.545. The summed E-state index contributed by atoms with van der Waals surface area (Å²) in [6, 6.07) is 9.31. The molecule has 0 unspecified atom stereocenters. The van der Waals surface area contributed by atoms with Crippen molar-refractivity contribution >= 4 is 33.9 Å². The van der Waals surface area contributed by atoms with Gasteiger partial charge in [0.25, 0.3) is 5.91 Å². The van der Waals surface area contributed by atoms with Gasteiger partial charge in [0.2, 0.25) is 5.75 Å². The van der Waals surface area contributed by atoms with E-state index >= 15 is 0 Å². The fourth-order valence-corrected chi connectivity index (χ4v) is 4.39. The summed E-state index contributed by atoms with van der Waals surface area (Å²) >= 11 is 1.37. The number of rotatable bonds is 7. The fraction of sp³-hybridized carbons (Fsp3) is 0.318. The van der Waals surface area contributed by atoms with Crippen LogP contribution in [0.5, 0.6) is 17.2 Å². The van der Waals surface area contributed by atoms with Gasteiger partial charge in [0.05, 0.1) is 27.5 Å². The van der Waals surface area contributed by atoms with Crippen LogP contribution in [-0.2, 0) is 0 Å². The molecule has 1 amide bonds. The van der Waals surface area contributed by atoms with Crippen LogP contribution < -0.4 is 29.3 Å². The molecule has 1 aromatic carbocycles. The Hall–Kier alpha value is -3.53. The largest absolute Gasteiger partial charge is 0.493 e. The minimum Gasteiger partial charge on any atom is -0.493 e. The van der Waals surface area contributed by atoms with Crippen LogP contribution in [0.2, 0.25) is 0 Å². The lowest BCUT2D eigenvalue weighted by molar-refractivity contribution is 0.103. The number of benzene rings is 1. The van der Waals surface area contributed by atoms with Crippen LogP contribution in [0.4, 0.5) is 16.6 Å². The maximum absolute atomic E-state index is 12.8. The molecule has 0 atom stereocenters. The van der Waals surface area contributed by atoms with Crippen molar-refractivity contribution in [1.82, 2.24) is 9.97 Å². The molecule has 0 radical (unpaired) electrons. The highest BCUT2D eigenvalue weighted by Gasteiger charge is 2.22. The summed E-state index contributed by atoms with van der Waals surface area (Å²) in [5.74, 6) is 2.15. The van der Waals surface area contributed by atoms with Gasteiger partial charge in [0, 0.05) is 50.2 Å². The highest BCUT2D eigenvalue weighted by molar-refractivity contribution is 7.17. The summed E-state index contributed by atoms with van der Waals surface area (Å²) in [5, 5.41) is 3.72. The Morgan fingerprint density at radius 2 is 1.66 bits per heavy atom. The van der Waals surface area contributed by atoms with E-state index in [0.717, 1.165) is 37.1 Å². The molecule has 3 heterocycles. The average molecular weight is 456 g/mol. The van der Waals surface area contributed by atoms with Crippen LogP contribution in [0.25, 0.3) is 0 Å². The standard InChI is InChI=1S/C22H25N5O4S/c1-29-16-12-15(13-17(30-2)20(16)31-3)25-21(28)18-14-24-22(32-18)27-10-8-26(9-11-27)19-6-4-5-7-23-19/h4-7,12-14H,8-11H2,1-3H3,(H,25,28). The number of ether oxygens (including phenoxy) is 3. The van der Waals surface area contributed by atoms with Crippen LogP contribution in [-0.4, -0.2) is 63.4 Å². The van der Waals surface area contributed by atoms with Gasteiger partial charge >= 0.3 is 0 Å². The second-order valence-corrected chi connectivity index (χ2v) is 8.05. The number of methoxy groups -OCH3 is 3. The van der Waals surface area contributed by atoms with E-state index in [1.807, 2.05) is 18.2 Å². The van der Waals surface area contributed by atoms with Crippen molar-refractivity contribution in [1.29, 1.82) is 0 Å². The predicted molar refractivity (Wildman–Crippen MR) is 125 cm³/mol. The van der Waals surface area contributed by atoms with Gasteiger partial charge in [-0.3, -0.25) is 4.79 Å². The molecule has 168 valence electrons. The Morgan fingerprint density at radius 1 is 0.969 bits per heavy atom. The zero-order valence-corrected chi connectivity index (χ0v) is 19.0. The minimum absolute atomic E-state index is 0.241. The van der Waals surface area contributed by atoms with E-state index in [1.165, 1.54) is 32.7 Å².